The zero-order chi connectivity index (χ0) is 19.2. The van der Waals surface area contributed by atoms with Gasteiger partial charge in [-0.2, -0.15) is 4.99 Å². The Bertz CT molecular complexity index is 935. The van der Waals surface area contributed by atoms with E-state index in [1.54, 1.807) is 12.1 Å². The fourth-order valence-electron chi connectivity index (χ4n) is 4.14. The van der Waals surface area contributed by atoms with E-state index in [4.69, 9.17) is 4.74 Å². The second kappa shape index (κ2) is 6.57. The Morgan fingerprint density at radius 2 is 1.89 bits per heavy atom. The van der Waals surface area contributed by atoms with E-state index in [1.165, 1.54) is 12.1 Å². The maximum atomic E-state index is 13.3. The average Bonchev–Trinajstić information content (AvgIpc) is 2.96. The second-order valence-corrected chi connectivity index (χ2v) is 7.41. The van der Waals surface area contributed by atoms with Crippen LogP contribution in [0.15, 0.2) is 41.4 Å². The molecule has 4 rings (SSSR count). The predicted octanol–water partition coefficient (Wildman–Crippen LogP) is 4.09. The van der Waals surface area contributed by atoms with Crippen LogP contribution in [0.1, 0.15) is 42.4 Å². The molecule has 0 radical (unpaired) electrons. The molecule has 1 spiro atoms. The van der Waals surface area contributed by atoms with Crippen molar-refractivity contribution in [1.29, 1.82) is 0 Å². The number of aliphatic hydroxyl groups excluding tert-OH is 1. The van der Waals surface area contributed by atoms with Crippen LogP contribution in [0.3, 0.4) is 0 Å². The van der Waals surface area contributed by atoms with Crippen molar-refractivity contribution in [2.45, 2.75) is 51.2 Å². The summed E-state index contributed by atoms with van der Waals surface area (Å²) in [4.78, 5) is 16.8. The van der Waals surface area contributed by atoms with E-state index < -0.39 is 17.6 Å². The quantitative estimate of drug-likeness (QED) is 0.870. The maximum absolute atomic E-state index is 13.3. The monoisotopic (exact) mass is 367 g/mol. The molecular weight excluding hydrogens is 345 g/mol. The number of aliphatic imine (C=N–C) groups is 1. The molecular formula is C22H22FNO3. The first-order valence-corrected chi connectivity index (χ1v) is 9.29. The van der Waals surface area contributed by atoms with Crippen LogP contribution in [-0.2, 0) is 9.53 Å². The third-order valence-corrected chi connectivity index (χ3v) is 5.70. The number of hydrogen-bond donors (Lipinski definition) is 1. The summed E-state index contributed by atoms with van der Waals surface area (Å²) >= 11 is 0. The van der Waals surface area contributed by atoms with Crippen LogP contribution in [0.4, 0.5) is 4.39 Å². The van der Waals surface area contributed by atoms with E-state index in [0.717, 1.165) is 40.7 Å². The lowest BCUT2D eigenvalue weighted by Gasteiger charge is -2.35. The highest BCUT2D eigenvalue weighted by Gasteiger charge is 2.53. The van der Waals surface area contributed by atoms with E-state index in [9.17, 15) is 14.3 Å². The third-order valence-electron chi connectivity index (χ3n) is 5.70. The number of ether oxygens (including phenoxy) is 1. The number of carbonyl (C=O) groups is 1. The van der Waals surface area contributed by atoms with Gasteiger partial charge in [-0.3, -0.25) is 4.79 Å². The summed E-state index contributed by atoms with van der Waals surface area (Å²) in [6.07, 6.45) is 1.91. The van der Waals surface area contributed by atoms with Crippen molar-refractivity contribution >= 4 is 11.8 Å². The Morgan fingerprint density at radius 1 is 1.15 bits per heavy atom. The summed E-state index contributed by atoms with van der Waals surface area (Å²) in [5, 5.41) is 10.4. The molecule has 1 aliphatic carbocycles. The summed E-state index contributed by atoms with van der Waals surface area (Å²) in [5.74, 6) is -0.401. The zero-order valence-corrected chi connectivity index (χ0v) is 15.5. The first-order chi connectivity index (χ1) is 12.9. The minimum Gasteiger partial charge on any atom is -0.457 e. The van der Waals surface area contributed by atoms with Gasteiger partial charge in [-0.05, 0) is 67.5 Å². The van der Waals surface area contributed by atoms with Crippen LogP contribution < -0.4 is 0 Å². The highest BCUT2D eigenvalue weighted by Crippen LogP contribution is 2.39. The first kappa shape index (κ1) is 17.9. The fourth-order valence-corrected chi connectivity index (χ4v) is 4.14. The standard InChI is InChI=1S/C22H22FNO3/c1-13-6-11-17(15-7-9-16(23)10-8-15)14(2)19(13)20-24-21(26)22(27-20)12-4-3-5-18(22)25/h6-11,18,25H,3-5,12H2,1-2H3. The number of carbonyl (C=O) groups excluding carboxylic acids is 1. The highest BCUT2D eigenvalue weighted by molar-refractivity contribution is 6.11. The van der Waals surface area contributed by atoms with Crippen LogP contribution in [0, 0.1) is 19.7 Å². The lowest BCUT2D eigenvalue weighted by atomic mass is 9.82. The van der Waals surface area contributed by atoms with Crippen LogP contribution >= 0.6 is 0 Å². The van der Waals surface area contributed by atoms with Gasteiger partial charge in [0.05, 0.1) is 0 Å². The normalized spacial score (nSPS) is 24.8. The fraction of sp³-hybridized carbons (Fsp3) is 0.364. The van der Waals surface area contributed by atoms with E-state index in [2.05, 4.69) is 4.99 Å². The average molecular weight is 367 g/mol. The van der Waals surface area contributed by atoms with Gasteiger partial charge in [-0.25, -0.2) is 4.39 Å². The molecule has 4 nitrogen and oxygen atoms in total. The van der Waals surface area contributed by atoms with Gasteiger partial charge in [-0.15, -0.1) is 0 Å². The van der Waals surface area contributed by atoms with Crippen LogP contribution in [0.25, 0.3) is 11.1 Å². The second-order valence-electron chi connectivity index (χ2n) is 7.41. The first-order valence-electron chi connectivity index (χ1n) is 9.29. The molecule has 0 saturated heterocycles. The van der Waals surface area contributed by atoms with Gasteiger partial charge in [0, 0.05) is 5.56 Å². The minimum absolute atomic E-state index is 0.278. The molecule has 0 aromatic heterocycles. The number of benzene rings is 2. The molecule has 140 valence electrons. The SMILES string of the molecule is Cc1ccc(-c2ccc(F)cc2)c(C)c1C1=NC(=O)C2(CCCCC2O)O1. The molecule has 0 bridgehead atoms. The summed E-state index contributed by atoms with van der Waals surface area (Å²) in [6.45, 7) is 3.88. The van der Waals surface area contributed by atoms with Crippen molar-refractivity contribution in [3.8, 4) is 11.1 Å². The van der Waals surface area contributed by atoms with Gasteiger partial charge < -0.3 is 9.84 Å². The molecule has 1 N–H and O–H groups in total. The molecule has 2 aliphatic rings. The van der Waals surface area contributed by atoms with Gasteiger partial charge in [0.1, 0.15) is 11.9 Å². The molecule has 27 heavy (non-hydrogen) atoms. The lowest BCUT2D eigenvalue weighted by Crippen LogP contribution is -2.50. The molecule has 2 aromatic rings. The Labute approximate surface area is 157 Å². The van der Waals surface area contributed by atoms with E-state index in [0.29, 0.717) is 12.8 Å². The smallest absolute Gasteiger partial charge is 0.295 e. The van der Waals surface area contributed by atoms with Gasteiger partial charge in [0.15, 0.2) is 0 Å². The Morgan fingerprint density at radius 3 is 2.59 bits per heavy atom. The molecule has 1 amide bonds. The molecule has 5 heteroatoms. The van der Waals surface area contributed by atoms with Crippen molar-refractivity contribution in [3.63, 3.8) is 0 Å². The van der Waals surface area contributed by atoms with Gasteiger partial charge in [0.2, 0.25) is 11.5 Å². The topological polar surface area (TPSA) is 58.9 Å². The van der Waals surface area contributed by atoms with Crippen molar-refractivity contribution in [2.75, 3.05) is 0 Å². The lowest BCUT2D eigenvalue weighted by molar-refractivity contribution is -0.146. The summed E-state index contributed by atoms with van der Waals surface area (Å²) in [5.41, 5.74) is 3.19. The number of nitrogens with zero attached hydrogens (tertiary/aromatic N) is 1. The van der Waals surface area contributed by atoms with Gasteiger partial charge in [-0.1, -0.05) is 30.7 Å². The van der Waals surface area contributed by atoms with Crippen molar-refractivity contribution in [2.24, 2.45) is 4.99 Å². The molecule has 1 saturated carbocycles. The Hall–Kier alpha value is -2.53. The van der Waals surface area contributed by atoms with Gasteiger partial charge in [0.25, 0.3) is 5.91 Å². The number of halogens is 1. The van der Waals surface area contributed by atoms with E-state index >= 15 is 0 Å². The van der Waals surface area contributed by atoms with E-state index in [-0.39, 0.29) is 11.7 Å². The largest absolute Gasteiger partial charge is 0.457 e. The number of aryl methyl sites for hydroxylation is 1. The number of rotatable bonds is 2. The van der Waals surface area contributed by atoms with Gasteiger partial charge >= 0.3 is 0 Å². The van der Waals surface area contributed by atoms with Crippen LogP contribution in [0.2, 0.25) is 0 Å². The van der Waals surface area contributed by atoms with Crippen LogP contribution in [-0.4, -0.2) is 28.6 Å². The Balaban J connectivity index is 1.76. The third kappa shape index (κ3) is 2.86. The molecule has 2 atom stereocenters. The van der Waals surface area contributed by atoms with Crippen molar-refractivity contribution in [3.05, 3.63) is 58.9 Å². The van der Waals surface area contributed by atoms with Crippen molar-refractivity contribution < 1.29 is 19.0 Å². The van der Waals surface area contributed by atoms with E-state index in [1.807, 2.05) is 26.0 Å². The molecule has 2 aromatic carbocycles. The number of hydrogen-bond acceptors (Lipinski definition) is 3. The van der Waals surface area contributed by atoms with Crippen LogP contribution in [0.5, 0.6) is 0 Å². The molecule has 1 fully saturated rings. The number of aliphatic hydroxyl groups is 1. The summed E-state index contributed by atoms with van der Waals surface area (Å²) < 4.78 is 19.3. The molecule has 1 aliphatic heterocycles. The summed E-state index contributed by atoms with van der Waals surface area (Å²) in [6, 6.07) is 10.2. The number of amides is 1. The van der Waals surface area contributed by atoms with Crippen molar-refractivity contribution in [1.82, 2.24) is 0 Å². The zero-order valence-electron chi connectivity index (χ0n) is 15.5. The maximum Gasteiger partial charge on any atom is 0.295 e. The summed E-state index contributed by atoms with van der Waals surface area (Å²) in [7, 11) is 0. The molecule has 1 heterocycles. The Kier molecular flexibility index (Phi) is 4.35. The highest BCUT2D eigenvalue weighted by atomic mass is 19.1. The predicted molar refractivity (Wildman–Crippen MR) is 101 cm³/mol. The molecule has 2 unspecified atom stereocenters. The minimum atomic E-state index is -1.24.